The van der Waals surface area contributed by atoms with Crippen LogP contribution in [0.3, 0.4) is 0 Å². The van der Waals surface area contributed by atoms with Crippen LogP contribution >= 0.6 is 15.9 Å². The lowest BCUT2D eigenvalue weighted by molar-refractivity contribution is -0.0588. The molecule has 1 fully saturated rings. The topological polar surface area (TPSA) is 120 Å². The molecule has 144 valence electrons. The SMILES string of the molecule is CCCCOC(=O)OC[C@H]1O[C@@H](n2cc(C=CBr)c(=O)[nH]c2=O)C[C@@H]1O. The number of aliphatic hydroxyl groups excluding tert-OH is 1. The van der Waals surface area contributed by atoms with Crippen LogP contribution in [0.2, 0.25) is 0 Å². The van der Waals surface area contributed by atoms with E-state index in [0.717, 1.165) is 12.8 Å². The van der Waals surface area contributed by atoms with Gasteiger partial charge in [-0.1, -0.05) is 29.3 Å². The summed E-state index contributed by atoms with van der Waals surface area (Å²) in [6, 6.07) is 0. The second-order valence-corrected chi connectivity index (χ2v) is 6.27. The van der Waals surface area contributed by atoms with E-state index < -0.39 is 35.8 Å². The smallest absolute Gasteiger partial charge is 0.434 e. The summed E-state index contributed by atoms with van der Waals surface area (Å²) in [5.41, 5.74) is -0.937. The first-order valence-electron chi connectivity index (χ1n) is 8.21. The molecule has 3 atom stereocenters. The zero-order valence-corrected chi connectivity index (χ0v) is 15.8. The van der Waals surface area contributed by atoms with E-state index in [1.54, 1.807) is 0 Å². The maximum absolute atomic E-state index is 12.0. The number of ether oxygens (including phenoxy) is 3. The molecule has 0 unspecified atom stereocenters. The summed E-state index contributed by atoms with van der Waals surface area (Å²) in [7, 11) is 0. The van der Waals surface area contributed by atoms with Crippen molar-refractivity contribution in [1.82, 2.24) is 9.55 Å². The average Bonchev–Trinajstić information content (AvgIpc) is 2.96. The van der Waals surface area contributed by atoms with E-state index in [4.69, 9.17) is 14.2 Å². The molecule has 0 aliphatic carbocycles. The average molecular weight is 433 g/mol. The quantitative estimate of drug-likeness (QED) is 0.494. The second kappa shape index (κ2) is 9.70. The van der Waals surface area contributed by atoms with Gasteiger partial charge in [0.05, 0.1) is 18.3 Å². The highest BCUT2D eigenvalue weighted by atomic mass is 79.9. The molecule has 1 saturated heterocycles. The van der Waals surface area contributed by atoms with Gasteiger partial charge in [-0.25, -0.2) is 9.59 Å². The third-order valence-electron chi connectivity index (χ3n) is 3.84. The van der Waals surface area contributed by atoms with Gasteiger partial charge in [0.15, 0.2) is 0 Å². The minimum absolute atomic E-state index is 0.113. The third kappa shape index (κ3) is 5.29. The molecule has 0 saturated carbocycles. The van der Waals surface area contributed by atoms with E-state index >= 15 is 0 Å². The minimum Gasteiger partial charge on any atom is -0.434 e. The monoisotopic (exact) mass is 432 g/mol. The molecule has 2 heterocycles. The molecular weight excluding hydrogens is 412 g/mol. The van der Waals surface area contributed by atoms with Crippen molar-refractivity contribution in [2.75, 3.05) is 13.2 Å². The normalized spacial score (nSPS) is 22.7. The van der Waals surface area contributed by atoms with Gasteiger partial charge in [0.25, 0.3) is 5.56 Å². The molecule has 0 spiro atoms. The first-order chi connectivity index (χ1) is 12.5. The summed E-state index contributed by atoms with van der Waals surface area (Å²) in [5.74, 6) is 0. The number of nitrogens with one attached hydrogen (secondary N) is 1. The van der Waals surface area contributed by atoms with Gasteiger partial charge in [-0.05, 0) is 17.5 Å². The van der Waals surface area contributed by atoms with Crippen molar-refractivity contribution in [2.24, 2.45) is 0 Å². The number of aromatic nitrogens is 2. The first-order valence-corrected chi connectivity index (χ1v) is 9.13. The summed E-state index contributed by atoms with van der Waals surface area (Å²) >= 11 is 3.07. The van der Waals surface area contributed by atoms with Crippen LogP contribution in [-0.4, -0.2) is 46.2 Å². The van der Waals surface area contributed by atoms with E-state index in [-0.39, 0.29) is 25.2 Å². The Labute approximate surface area is 157 Å². The Hall–Kier alpha value is -1.91. The van der Waals surface area contributed by atoms with Crippen LogP contribution in [0.5, 0.6) is 0 Å². The fourth-order valence-electron chi connectivity index (χ4n) is 2.43. The molecule has 1 aliphatic heterocycles. The maximum atomic E-state index is 12.0. The summed E-state index contributed by atoms with van der Waals surface area (Å²) in [6.07, 6.45) is 1.21. The van der Waals surface area contributed by atoms with E-state index in [0.29, 0.717) is 0 Å². The molecule has 1 aromatic rings. The number of unbranched alkanes of at least 4 members (excludes halogenated alkanes) is 1. The number of hydrogen-bond donors (Lipinski definition) is 2. The number of halogens is 1. The van der Waals surface area contributed by atoms with Crippen LogP contribution in [0.15, 0.2) is 20.8 Å². The fraction of sp³-hybridized carbons (Fsp3) is 0.562. The van der Waals surface area contributed by atoms with Crippen molar-refractivity contribution in [3.63, 3.8) is 0 Å². The van der Waals surface area contributed by atoms with Gasteiger partial charge < -0.3 is 19.3 Å². The lowest BCUT2D eigenvalue weighted by atomic mass is 10.2. The fourth-order valence-corrected chi connectivity index (χ4v) is 2.71. The molecule has 0 radical (unpaired) electrons. The molecule has 9 nitrogen and oxygen atoms in total. The lowest BCUT2D eigenvalue weighted by Crippen LogP contribution is -2.33. The Morgan fingerprint density at radius 1 is 1.50 bits per heavy atom. The van der Waals surface area contributed by atoms with Gasteiger partial charge in [0.1, 0.15) is 18.9 Å². The Balaban J connectivity index is 2.00. The Morgan fingerprint density at radius 2 is 2.27 bits per heavy atom. The van der Waals surface area contributed by atoms with Gasteiger partial charge in [-0.3, -0.25) is 14.3 Å². The van der Waals surface area contributed by atoms with Crippen molar-refractivity contribution < 1.29 is 24.1 Å². The molecule has 10 heteroatoms. The molecular formula is C16H21BrN2O7. The second-order valence-electron chi connectivity index (χ2n) is 5.74. The highest BCUT2D eigenvalue weighted by Gasteiger charge is 2.36. The maximum Gasteiger partial charge on any atom is 0.508 e. The number of hydrogen-bond acceptors (Lipinski definition) is 7. The molecule has 26 heavy (non-hydrogen) atoms. The number of nitrogens with zero attached hydrogens (tertiary/aromatic N) is 1. The lowest BCUT2D eigenvalue weighted by Gasteiger charge is -2.16. The number of carbonyl (C=O) groups excluding carboxylic acids is 1. The van der Waals surface area contributed by atoms with Crippen LogP contribution in [-0.2, 0) is 14.2 Å². The predicted molar refractivity (Wildman–Crippen MR) is 96.0 cm³/mol. The number of carbonyl (C=O) groups is 1. The van der Waals surface area contributed by atoms with Crippen LogP contribution in [0, 0.1) is 0 Å². The van der Waals surface area contributed by atoms with Crippen LogP contribution in [0.1, 0.15) is 38.0 Å². The summed E-state index contributed by atoms with van der Waals surface area (Å²) in [6.45, 7) is 2.03. The van der Waals surface area contributed by atoms with Gasteiger partial charge in [-0.15, -0.1) is 0 Å². The molecule has 1 aliphatic rings. The predicted octanol–water partition coefficient (Wildman–Crippen LogP) is 1.50. The molecule has 0 aromatic carbocycles. The largest absolute Gasteiger partial charge is 0.508 e. The summed E-state index contributed by atoms with van der Waals surface area (Å²) in [5, 5.41) is 10.1. The highest BCUT2D eigenvalue weighted by molar-refractivity contribution is 9.11. The van der Waals surface area contributed by atoms with E-state index in [2.05, 4.69) is 20.9 Å². The van der Waals surface area contributed by atoms with Gasteiger partial charge in [-0.2, -0.15) is 0 Å². The molecule has 0 bridgehead atoms. The van der Waals surface area contributed by atoms with E-state index in [9.17, 15) is 19.5 Å². The Kier molecular flexibility index (Phi) is 7.61. The summed E-state index contributed by atoms with van der Waals surface area (Å²) in [4.78, 5) is 38.8. The van der Waals surface area contributed by atoms with E-state index in [1.807, 2.05) is 6.92 Å². The van der Waals surface area contributed by atoms with Crippen LogP contribution < -0.4 is 11.2 Å². The van der Waals surface area contributed by atoms with Crippen molar-refractivity contribution in [2.45, 2.75) is 44.6 Å². The van der Waals surface area contributed by atoms with E-state index in [1.165, 1.54) is 21.8 Å². The molecule has 2 rings (SSSR count). The standard InChI is InChI=1S/C16H21BrN2O7/c1-2-3-6-24-16(23)25-9-12-11(20)7-13(26-12)19-8-10(4-5-17)14(21)18-15(19)22/h4-5,8,11-13,20H,2-3,6-7,9H2,1H3,(H,18,21,22)/t11-,12+,13+/m0/s1. The van der Waals surface area contributed by atoms with Gasteiger partial charge in [0.2, 0.25) is 0 Å². The van der Waals surface area contributed by atoms with Crippen molar-refractivity contribution in [3.8, 4) is 0 Å². The first kappa shape index (κ1) is 20.4. The Bertz CT molecular complexity index is 758. The minimum atomic E-state index is -0.933. The van der Waals surface area contributed by atoms with Crippen molar-refractivity contribution in [1.29, 1.82) is 0 Å². The summed E-state index contributed by atoms with van der Waals surface area (Å²) < 4.78 is 16.6. The highest BCUT2D eigenvalue weighted by Crippen LogP contribution is 2.28. The molecule has 1 aromatic heterocycles. The van der Waals surface area contributed by atoms with Crippen LogP contribution in [0.4, 0.5) is 4.79 Å². The van der Waals surface area contributed by atoms with Gasteiger partial charge in [0, 0.05) is 12.6 Å². The molecule has 2 N–H and O–H groups in total. The Morgan fingerprint density at radius 3 is 2.96 bits per heavy atom. The number of aromatic amines is 1. The van der Waals surface area contributed by atoms with Gasteiger partial charge >= 0.3 is 11.8 Å². The number of aliphatic hydroxyl groups is 1. The zero-order valence-electron chi connectivity index (χ0n) is 14.2. The van der Waals surface area contributed by atoms with Crippen molar-refractivity contribution >= 4 is 28.2 Å². The number of rotatable bonds is 7. The van der Waals surface area contributed by atoms with Crippen LogP contribution in [0.25, 0.3) is 6.08 Å². The number of H-pyrrole nitrogens is 1. The third-order valence-corrected chi connectivity index (χ3v) is 4.10. The zero-order chi connectivity index (χ0) is 19.1. The molecule has 0 amide bonds. The van der Waals surface area contributed by atoms with Crippen molar-refractivity contribution in [3.05, 3.63) is 37.6 Å².